The van der Waals surface area contributed by atoms with E-state index in [1.165, 1.54) is 15.9 Å². The van der Waals surface area contributed by atoms with Gasteiger partial charge in [-0.1, -0.05) is 37.1 Å². The molecule has 3 aliphatic rings. The van der Waals surface area contributed by atoms with E-state index in [1.807, 2.05) is 12.2 Å². The zero-order chi connectivity index (χ0) is 27.4. The van der Waals surface area contributed by atoms with Gasteiger partial charge in [0.25, 0.3) is 0 Å². The third-order valence-corrected chi connectivity index (χ3v) is 7.57. The molecular weight excluding hydrogens is 495 g/mol. The molecule has 2 heterocycles. The van der Waals surface area contributed by atoms with Gasteiger partial charge < -0.3 is 26.2 Å². The number of carbonyl (C=O) groups is 4. The molecule has 38 heavy (non-hydrogen) atoms. The van der Waals surface area contributed by atoms with E-state index in [-0.39, 0.29) is 43.7 Å². The van der Waals surface area contributed by atoms with Crippen LogP contribution in [-0.2, 0) is 32.2 Å². The monoisotopic (exact) mass is 530 g/mol. The summed E-state index contributed by atoms with van der Waals surface area (Å²) in [5.41, 5.74) is 12.8. The molecule has 206 valence electrons. The van der Waals surface area contributed by atoms with E-state index in [4.69, 9.17) is 21.3 Å². The average molecular weight is 531 g/mol. The van der Waals surface area contributed by atoms with Gasteiger partial charge in [-0.15, -0.1) is 0 Å². The van der Waals surface area contributed by atoms with Crippen LogP contribution in [0.25, 0.3) is 0 Å². The lowest BCUT2D eigenvalue weighted by Gasteiger charge is -2.25. The first kappa shape index (κ1) is 27.6. The maximum atomic E-state index is 14.0. The molecule has 2 fully saturated rings. The lowest BCUT2D eigenvalue weighted by Crippen LogP contribution is -2.50. The molecule has 4 rings (SSSR count). The highest BCUT2D eigenvalue weighted by molar-refractivity contribution is 5.89. The number of fused-ring (bicyclic) bond motifs is 1. The number of carboxylic acids is 1. The van der Waals surface area contributed by atoms with Crippen molar-refractivity contribution < 1.29 is 33.4 Å². The number of unbranched alkanes of at least 4 members (excludes halogenated alkanes) is 3. The number of carboxylic acid groups (broad SMARTS) is 1. The third-order valence-electron chi connectivity index (χ3n) is 7.57. The number of primary amides is 1. The maximum absolute atomic E-state index is 14.0. The summed E-state index contributed by atoms with van der Waals surface area (Å²) in [6.07, 6.45) is 7.18. The summed E-state index contributed by atoms with van der Waals surface area (Å²) in [6.45, 7) is 0.342. The Hall–Kier alpha value is -3.47. The number of carbonyl (C=O) groups excluding carboxylic acids is 3. The van der Waals surface area contributed by atoms with Crippen LogP contribution in [0.5, 0.6) is 0 Å². The van der Waals surface area contributed by atoms with Crippen molar-refractivity contribution in [1.29, 1.82) is 0 Å². The summed E-state index contributed by atoms with van der Waals surface area (Å²) in [4.78, 5) is 51.3. The quantitative estimate of drug-likeness (QED) is 0.293. The molecule has 0 spiro atoms. The predicted molar refractivity (Wildman–Crippen MR) is 135 cm³/mol. The molecule has 0 aromatic heterocycles. The van der Waals surface area contributed by atoms with Crippen LogP contribution >= 0.6 is 0 Å². The smallest absolute Gasteiger partial charge is 0.410 e. The zero-order valence-electron chi connectivity index (χ0n) is 21.3. The van der Waals surface area contributed by atoms with Crippen molar-refractivity contribution >= 4 is 23.9 Å². The van der Waals surface area contributed by atoms with Gasteiger partial charge in [0.2, 0.25) is 11.8 Å². The first-order chi connectivity index (χ1) is 18.2. The number of halogens is 1. The van der Waals surface area contributed by atoms with Crippen molar-refractivity contribution in [2.45, 2.75) is 76.2 Å². The van der Waals surface area contributed by atoms with E-state index in [0.29, 0.717) is 18.4 Å². The lowest BCUT2D eigenvalue weighted by molar-refractivity contribution is -0.139. The molecule has 1 aromatic carbocycles. The van der Waals surface area contributed by atoms with Crippen LogP contribution in [0.4, 0.5) is 9.18 Å². The highest BCUT2D eigenvalue weighted by Gasteiger charge is 2.43. The van der Waals surface area contributed by atoms with Crippen LogP contribution in [-0.4, -0.2) is 63.5 Å². The van der Waals surface area contributed by atoms with Gasteiger partial charge in [-0.25, -0.2) is 9.18 Å². The van der Waals surface area contributed by atoms with Crippen molar-refractivity contribution in [3.63, 3.8) is 0 Å². The molecule has 3 amide bonds. The molecule has 2 aliphatic heterocycles. The van der Waals surface area contributed by atoms with E-state index in [2.05, 4.69) is 0 Å². The number of likely N-dealkylation sites (tertiary alicyclic amines) is 1. The molecule has 5 N–H and O–H groups in total. The van der Waals surface area contributed by atoms with Crippen LogP contribution in [0.15, 0.2) is 30.4 Å². The second kappa shape index (κ2) is 11.9. The van der Waals surface area contributed by atoms with E-state index in [1.54, 1.807) is 12.1 Å². The number of ether oxygens (including phenoxy) is 1. The molecule has 1 aromatic rings. The first-order valence-corrected chi connectivity index (χ1v) is 13.1. The minimum atomic E-state index is -0.915. The van der Waals surface area contributed by atoms with Gasteiger partial charge in [0, 0.05) is 18.5 Å². The minimum absolute atomic E-state index is 0.0182. The second-order valence-corrected chi connectivity index (χ2v) is 10.4. The van der Waals surface area contributed by atoms with Crippen LogP contribution in [0.3, 0.4) is 0 Å². The lowest BCUT2D eigenvalue weighted by atomic mass is 10.1. The van der Waals surface area contributed by atoms with Crippen molar-refractivity contribution in [2.24, 2.45) is 23.3 Å². The van der Waals surface area contributed by atoms with Gasteiger partial charge in [0.15, 0.2) is 0 Å². The summed E-state index contributed by atoms with van der Waals surface area (Å²) in [6, 6.07) is 2.98. The predicted octanol–water partition coefficient (Wildman–Crippen LogP) is 2.29. The first-order valence-electron chi connectivity index (χ1n) is 13.1. The fourth-order valence-electron chi connectivity index (χ4n) is 5.25. The fraction of sp³-hybridized carbons (Fsp3) is 0.556. The summed E-state index contributed by atoms with van der Waals surface area (Å²) in [5.74, 6) is -2.30. The maximum Gasteiger partial charge on any atom is 0.410 e. The van der Waals surface area contributed by atoms with Crippen LogP contribution in [0.1, 0.15) is 56.1 Å². The van der Waals surface area contributed by atoms with Gasteiger partial charge in [-0.2, -0.15) is 0 Å². The number of hydrogen-bond donors (Lipinski definition) is 3. The number of allylic oxidation sites excluding steroid dienone is 2. The van der Waals surface area contributed by atoms with Crippen molar-refractivity contribution in [1.82, 2.24) is 9.80 Å². The number of rotatable bonds is 11. The number of nitrogens with zero attached hydrogens (tertiary/aromatic N) is 2. The standard InChI is InChI=1S/C27H35FN4O6/c28-21-9-6-8-17-13-31(15-20(17)21)27(37)38-18-12-23(24(30)33)32(14-18)25(34)22(29)10-5-3-1-2-4-7-16-11-19(16)26(35)36/h4,6-9,16,18-19,22-23H,1-3,5,10-15,29H2,(H2,30,33)(H,35,36)/b7-4-/t16-,18-,19+,22+,23+/m1/s1. The summed E-state index contributed by atoms with van der Waals surface area (Å²) in [5, 5.41) is 8.92. The number of nitrogens with two attached hydrogens (primary N) is 2. The molecule has 0 bridgehead atoms. The van der Waals surface area contributed by atoms with E-state index >= 15 is 0 Å². The number of hydrogen-bond acceptors (Lipinski definition) is 6. The molecule has 0 unspecified atom stereocenters. The number of benzene rings is 1. The Morgan fingerprint density at radius 2 is 1.95 bits per heavy atom. The molecule has 1 saturated heterocycles. The second-order valence-electron chi connectivity index (χ2n) is 10.4. The van der Waals surface area contributed by atoms with E-state index in [0.717, 1.165) is 31.2 Å². The SMILES string of the molecule is NC(=O)[C@@H]1C[C@@H](OC(=O)N2Cc3cccc(F)c3C2)CN1C(=O)[C@@H](N)CCCCC/C=C\[C@@H]1C[C@@H]1C(=O)O. The molecule has 0 radical (unpaired) electrons. The van der Waals surface area contributed by atoms with Gasteiger partial charge in [-0.3, -0.25) is 19.3 Å². The van der Waals surface area contributed by atoms with Crippen LogP contribution in [0, 0.1) is 17.7 Å². The van der Waals surface area contributed by atoms with Gasteiger partial charge >= 0.3 is 12.1 Å². The summed E-state index contributed by atoms with van der Waals surface area (Å²) >= 11 is 0. The highest BCUT2D eigenvalue weighted by Crippen LogP contribution is 2.39. The largest absolute Gasteiger partial charge is 0.481 e. The van der Waals surface area contributed by atoms with Gasteiger partial charge in [0.1, 0.15) is 18.0 Å². The Morgan fingerprint density at radius 3 is 2.63 bits per heavy atom. The zero-order valence-corrected chi connectivity index (χ0v) is 21.3. The van der Waals surface area contributed by atoms with Crippen molar-refractivity contribution in [2.75, 3.05) is 6.54 Å². The van der Waals surface area contributed by atoms with Gasteiger partial charge in [0.05, 0.1) is 25.0 Å². The van der Waals surface area contributed by atoms with E-state index in [9.17, 15) is 23.6 Å². The van der Waals surface area contributed by atoms with Crippen molar-refractivity contribution in [3.05, 3.63) is 47.3 Å². The average Bonchev–Trinajstić information content (AvgIpc) is 3.31. The topological polar surface area (TPSA) is 156 Å². The Morgan fingerprint density at radius 1 is 1.16 bits per heavy atom. The Bertz CT molecular complexity index is 1110. The summed E-state index contributed by atoms with van der Waals surface area (Å²) < 4.78 is 19.6. The molecule has 11 heteroatoms. The molecule has 1 saturated carbocycles. The molecular formula is C27H35FN4O6. The molecule has 5 atom stereocenters. The molecule has 10 nitrogen and oxygen atoms in total. The van der Waals surface area contributed by atoms with Gasteiger partial charge in [-0.05, 0) is 43.2 Å². The third kappa shape index (κ3) is 6.50. The van der Waals surface area contributed by atoms with Crippen molar-refractivity contribution in [3.8, 4) is 0 Å². The number of amides is 3. The molecule has 1 aliphatic carbocycles. The number of aliphatic carboxylic acids is 1. The highest BCUT2D eigenvalue weighted by atomic mass is 19.1. The Balaban J connectivity index is 1.20. The van der Waals surface area contributed by atoms with Crippen LogP contribution < -0.4 is 11.5 Å². The minimum Gasteiger partial charge on any atom is -0.481 e. The Kier molecular flexibility index (Phi) is 8.65. The Labute approximate surface area is 220 Å². The fourth-order valence-corrected chi connectivity index (χ4v) is 5.25. The summed E-state index contributed by atoms with van der Waals surface area (Å²) in [7, 11) is 0. The van der Waals surface area contributed by atoms with Crippen LogP contribution in [0.2, 0.25) is 0 Å². The normalized spacial score (nSPS) is 24.9. The van der Waals surface area contributed by atoms with E-state index < -0.39 is 42.1 Å².